The van der Waals surface area contributed by atoms with E-state index in [1.807, 2.05) is 0 Å². The molecule has 0 radical (unpaired) electrons. The standard InChI is InChI=1S/C10H8F2O2/c1-6-4-7(2-3-10(13)14)9(12)5-8(6)11/h2-5H,1H3,(H,13,14). The van der Waals surface area contributed by atoms with Crippen molar-refractivity contribution in [2.24, 2.45) is 0 Å². The molecule has 1 aromatic rings. The third kappa shape index (κ3) is 2.39. The van der Waals surface area contributed by atoms with Crippen LogP contribution in [0.5, 0.6) is 0 Å². The Morgan fingerprint density at radius 2 is 2.00 bits per heavy atom. The molecule has 0 spiro atoms. The summed E-state index contributed by atoms with van der Waals surface area (Å²) in [5, 5.41) is 8.31. The van der Waals surface area contributed by atoms with Crippen LogP contribution < -0.4 is 0 Å². The Labute approximate surface area is 79.5 Å². The highest BCUT2D eigenvalue weighted by Gasteiger charge is 2.04. The molecule has 2 nitrogen and oxygen atoms in total. The summed E-state index contributed by atoms with van der Waals surface area (Å²) in [4.78, 5) is 10.2. The SMILES string of the molecule is Cc1cc(C=CC(=O)O)c(F)cc1F. The van der Waals surface area contributed by atoms with Crippen molar-refractivity contribution in [2.75, 3.05) is 0 Å². The van der Waals surface area contributed by atoms with E-state index in [9.17, 15) is 13.6 Å². The van der Waals surface area contributed by atoms with E-state index in [0.717, 1.165) is 18.2 Å². The van der Waals surface area contributed by atoms with Gasteiger partial charge in [-0.15, -0.1) is 0 Å². The van der Waals surface area contributed by atoms with E-state index < -0.39 is 17.6 Å². The predicted octanol–water partition coefficient (Wildman–Crippen LogP) is 2.37. The van der Waals surface area contributed by atoms with Gasteiger partial charge in [-0.05, 0) is 24.6 Å². The van der Waals surface area contributed by atoms with Gasteiger partial charge in [0.05, 0.1) is 0 Å². The van der Waals surface area contributed by atoms with Crippen LogP contribution in [0, 0.1) is 18.6 Å². The molecule has 0 unspecified atom stereocenters. The fraction of sp³-hybridized carbons (Fsp3) is 0.100. The summed E-state index contributed by atoms with van der Waals surface area (Å²) >= 11 is 0. The third-order valence-electron chi connectivity index (χ3n) is 1.68. The molecule has 0 saturated carbocycles. The lowest BCUT2D eigenvalue weighted by atomic mass is 10.1. The number of aliphatic carboxylic acids is 1. The van der Waals surface area contributed by atoms with Crippen LogP contribution in [0.15, 0.2) is 18.2 Å². The molecule has 1 rings (SSSR count). The van der Waals surface area contributed by atoms with Gasteiger partial charge in [0.15, 0.2) is 0 Å². The van der Waals surface area contributed by atoms with E-state index in [1.165, 1.54) is 13.0 Å². The summed E-state index contributed by atoms with van der Waals surface area (Å²) < 4.78 is 25.8. The van der Waals surface area contributed by atoms with Crippen LogP contribution in [0.2, 0.25) is 0 Å². The Balaban J connectivity index is 3.10. The van der Waals surface area contributed by atoms with Crippen LogP contribution in [0.1, 0.15) is 11.1 Å². The smallest absolute Gasteiger partial charge is 0.328 e. The van der Waals surface area contributed by atoms with Crippen molar-refractivity contribution < 1.29 is 18.7 Å². The Kier molecular flexibility index (Phi) is 2.96. The Hall–Kier alpha value is -1.71. The maximum atomic E-state index is 13.0. The zero-order chi connectivity index (χ0) is 10.7. The van der Waals surface area contributed by atoms with Gasteiger partial charge in [0.1, 0.15) is 11.6 Å². The highest BCUT2D eigenvalue weighted by atomic mass is 19.1. The molecule has 0 aliphatic carbocycles. The highest BCUT2D eigenvalue weighted by Crippen LogP contribution is 2.15. The number of carbonyl (C=O) groups is 1. The largest absolute Gasteiger partial charge is 0.478 e. The number of halogens is 2. The highest BCUT2D eigenvalue weighted by molar-refractivity contribution is 5.85. The molecular weight excluding hydrogens is 190 g/mol. The minimum absolute atomic E-state index is 0.0614. The van der Waals surface area contributed by atoms with Crippen LogP contribution in [0.3, 0.4) is 0 Å². The Bertz CT molecular complexity index is 397. The lowest BCUT2D eigenvalue weighted by Gasteiger charge is -2.00. The minimum Gasteiger partial charge on any atom is -0.478 e. The summed E-state index contributed by atoms with van der Waals surface area (Å²) in [5.41, 5.74) is 0.336. The first kappa shape index (κ1) is 10.4. The number of hydrogen-bond donors (Lipinski definition) is 1. The molecule has 14 heavy (non-hydrogen) atoms. The average Bonchev–Trinajstić information content (AvgIpc) is 2.09. The molecule has 1 aromatic carbocycles. The van der Waals surface area contributed by atoms with E-state index in [4.69, 9.17) is 5.11 Å². The molecule has 0 bridgehead atoms. The van der Waals surface area contributed by atoms with Gasteiger partial charge in [-0.2, -0.15) is 0 Å². The summed E-state index contributed by atoms with van der Waals surface area (Å²) in [7, 11) is 0. The molecule has 1 N–H and O–H groups in total. The second-order valence-corrected chi connectivity index (χ2v) is 2.79. The van der Waals surface area contributed by atoms with Crippen molar-refractivity contribution in [2.45, 2.75) is 6.92 Å². The zero-order valence-corrected chi connectivity index (χ0v) is 7.42. The Morgan fingerprint density at radius 3 is 2.57 bits per heavy atom. The molecule has 74 valence electrons. The molecule has 0 aliphatic rings. The molecular formula is C10H8F2O2. The quantitative estimate of drug-likeness (QED) is 0.740. The first-order valence-corrected chi connectivity index (χ1v) is 3.87. The molecule has 0 atom stereocenters. The molecule has 0 fully saturated rings. The molecule has 0 heterocycles. The van der Waals surface area contributed by atoms with Crippen LogP contribution in [-0.4, -0.2) is 11.1 Å². The van der Waals surface area contributed by atoms with Crippen LogP contribution in [-0.2, 0) is 4.79 Å². The summed E-state index contributed by atoms with van der Waals surface area (Å²) in [6.45, 7) is 1.48. The van der Waals surface area contributed by atoms with Crippen LogP contribution in [0.25, 0.3) is 6.08 Å². The fourth-order valence-electron chi connectivity index (χ4n) is 0.968. The van der Waals surface area contributed by atoms with Crippen molar-refractivity contribution in [3.8, 4) is 0 Å². The van der Waals surface area contributed by atoms with E-state index in [0.29, 0.717) is 0 Å². The van der Waals surface area contributed by atoms with Crippen molar-refractivity contribution in [1.29, 1.82) is 0 Å². The van der Waals surface area contributed by atoms with E-state index in [1.54, 1.807) is 0 Å². The molecule has 4 heteroatoms. The number of carboxylic acid groups (broad SMARTS) is 1. The van der Waals surface area contributed by atoms with E-state index >= 15 is 0 Å². The number of aryl methyl sites for hydroxylation is 1. The van der Waals surface area contributed by atoms with Gasteiger partial charge in [0.2, 0.25) is 0 Å². The van der Waals surface area contributed by atoms with Gasteiger partial charge in [-0.25, -0.2) is 13.6 Å². The van der Waals surface area contributed by atoms with Gasteiger partial charge >= 0.3 is 5.97 Å². The molecule has 0 aromatic heterocycles. The van der Waals surface area contributed by atoms with Crippen molar-refractivity contribution in [3.05, 3.63) is 41.0 Å². The normalized spacial score (nSPS) is 10.8. The topological polar surface area (TPSA) is 37.3 Å². The fourth-order valence-corrected chi connectivity index (χ4v) is 0.968. The van der Waals surface area contributed by atoms with Gasteiger partial charge in [-0.1, -0.05) is 0 Å². The van der Waals surface area contributed by atoms with Crippen molar-refractivity contribution in [3.63, 3.8) is 0 Å². The first-order chi connectivity index (χ1) is 6.50. The number of benzene rings is 1. The number of hydrogen-bond acceptors (Lipinski definition) is 1. The second kappa shape index (κ2) is 4.00. The lowest BCUT2D eigenvalue weighted by molar-refractivity contribution is -0.131. The van der Waals surface area contributed by atoms with Crippen molar-refractivity contribution >= 4 is 12.0 Å². The van der Waals surface area contributed by atoms with Gasteiger partial charge in [-0.3, -0.25) is 0 Å². The minimum atomic E-state index is -1.17. The third-order valence-corrected chi connectivity index (χ3v) is 1.68. The zero-order valence-electron chi connectivity index (χ0n) is 7.42. The van der Waals surface area contributed by atoms with Gasteiger partial charge < -0.3 is 5.11 Å². The maximum absolute atomic E-state index is 13.0. The van der Waals surface area contributed by atoms with Crippen LogP contribution in [0.4, 0.5) is 8.78 Å². The van der Waals surface area contributed by atoms with Gasteiger partial charge in [0, 0.05) is 17.7 Å². The monoisotopic (exact) mass is 198 g/mol. The number of carboxylic acids is 1. The summed E-state index contributed by atoms with van der Waals surface area (Å²) in [6.07, 6.45) is 1.89. The summed E-state index contributed by atoms with van der Waals surface area (Å²) in [6, 6.07) is 1.99. The molecule has 0 aliphatic heterocycles. The average molecular weight is 198 g/mol. The molecule has 0 amide bonds. The van der Waals surface area contributed by atoms with Crippen molar-refractivity contribution in [1.82, 2.24) is 0 Å². The second-order valence-electron chi connectivity index (χ2n) is 2.79. The predicted molar refractivity (Wildman–Crippen MR) is 47.8 cm³/mol. The maximum Gasteiger partial charge on any atom is 0.328 e. The van der Waals surface area contributed by atoms with Gasteiger partial charge in [0.25, 0.3) is 0 Å². The van der Waals surface area contributed by atoms with E-state index in [2.05, 4.69) is 0 Å². The number of rotatable bonds is 2. The van der Waals surface area contributed by atoms with Crippen LogP contribution >= 0.6 is 0 Å². The summed E-state index contributed by atoms with van der Waals surface area (Å²) in [5.74, 6) is -2.59. The Morgan fingerprint density at radius 1 is 1.36 bits per heavy atom. The first-order valence-electron chi connectivity index (χ1n) is 3.87. The van der Waals surface area contributed by atoms with E-state index in [-0.39, 0.29) is 11.1 Å². The molecule has 0 saturated heterocycles. The lowest BCUT2D eigenvalue weighted by Crippen LogP contribution is -1.91.